The van der Waals surface area contributed by atoms with Crippen molar-refractivity contribution in [3.8, 4) is 0 Å². The molecule has 0 fully saturated rings. The van der Waals surface area contributed by atoms with Gasteiger partial charge < -0.3 is 10.2 Å². The van der Waals surface area contributed by atoms with Crippen molar-refractivity contribution in [3.63, 3.8) is 0 Å². The van der Waals surface area contributed by atoms with Gasteiger partial charge in [0.15, 0.2) is 0 Å². The normalized spacial score (nSPS) is 12.3. The van der Waals surface area contributed by atoms with E-state index < -0.39 is 28.5 Å². The number of hydrogen-bond acceptors (Lipinski definition) is 4. The third-order valence-electron chi connectivity index (χ3n) is 6.81. The molecule has 7 nitrogen and oxygen atoms in total. The summed E-state index contributed by atoms with van der Waals surface area (Å²) in [5, 5.41) is 2.87. The highest BCUT2D eigenvalue weighted by atomic mass is 32.2. The third kappa shape index (κ3) is 7.72. The molecule has 1 atom stereocenters. The lowest BCUT2D eigenvalue weighted by Gasteiger charge is -2.32. The molecule has 0 aliphatic heterocycles. The molecular formula is C32H41N3O4S. The van der Waals surface area contributed by atoms with Gasteiger partial charge in [0.05, 0.1) is 10.6 Å². The maximum absolute atomic E-state index is 14.0. The zero-order chi connectivity index (χ0) is 29.6. The maximum Gasteiger partial charge on any atom is 0.264 e. The highest BCUT2D eigenvalue weighted by Gasteiger charge is 2.32. The minimum atomic E-state index is -4.09. The number of carbonyl (C=O) groups is 2. The largest absolute Gasteiger partial charge is 0.352 e. The van der Waals surface area contributed by atoms with E-state index in [0.29, 0.717) is 5.69 Å². The quantitative estimate of drug-likeness (QED) is 0.331. The van der Waals surface area contributed by atoms with Crippen LogP contribution in [0.15, 0.2) is 77.7 Å². The Morgan fingerprint density at radius 2 is 1.30 bits per heavy atom. The van der Waals surface area contributed by atoms with Gasteiger partial charge in [-0.1, -0.05) is 73.5 Å². The summed E-state index contributed by atoms with van der Waals surface area (Å²) in [6.45, 7) is 13.1. The van der Waals surface area contributed by atoms with Crippen LogP contribution in [0, 0.1) is 13.8 Å². The van der Waals surface area contributed by atoms with Crippen molar-refractivity contribution >= 4 is 27.5 Å². The van der Waals surface area contributed by atoms with Crippen LogP contribution in [0.2, 0.25) is 0 Å². The average Bonchev–Trinajstić information content (AvgIpc) is 2.90. The summed E-state index contributed by atoms with van der Waals surface area (Å²) in [5.41, 5.74) is 4.29. The number of hydrogen-bond donors (Lipinski definition) is 1. The fraction of sp³-hybridized carbons (Fsp3) is 0.375. The van der Waals surface area contributed by atoms with E-state index >= 15 is 0 Å². The Bertz CT molecular complexity index is 1400. The van der Waals surface area contributed by atoms with Crippen LogP contribution < -0.4 is 9.62 Å². The van der Waals surface area contributed by atoms with Crippen molar-refractivity contribution in [1.82, 2.24) is 10.2 Å². The molecule has 1 N–H and O–H groups in total. The number of rotatable bonds is 11. The number of aryl methyl sites for hydroxylation is 2. The first-order valence-electron chi connectivity index (χ1n) is 13.6. The van der Waals surface area contributed by atoms with Crippen LogP contribution in [0.5, 0.6) is 0 Å². The van der Waals surface area contributed by atoms with Gasteiger partial charge in [0, 0.05) is 12.6 Å². The molecule has 1 unspecified atom stereocenters. The molecule has 3 aromatic rings. The van der Waals surface area contributed by atoms with Gasteiger partial charge in [-0.2, -0.15) is 0 Å². The van der Waals surface area contributed by atoms with E-state index in [1.54, 1.807) is 43.3 Å². The number of amides is 2. The van der Waals surface area contributed by atoms with Gasteiger partial charge in [-0.25, -0.2) is 8.42 Å². The molecule has 0 saturated heterocycles. The first-order valence-corrected chi connectivity index (χ1v) is 15.1. The fourth-order valence-electron chi connectivity index (χ4n) is 4.27. The van der Waals surface area contributed by atoms with Crippen LogP contribution in [0.4, 0.5) is 5.69 Å². The van der Waals surface area contributed by atoms with Gasteiger partial charge in [0.1, 0.15) is 12.6 Å². The summed E-state index contributed by atoms with van der Waals surface area (Å²) in [6, 6.07) is 20.6. The Morgan fingerprint density at radius 1 is 0.775 bits per heavy atom. The molecule has 214 valence electrons. The predicted molar refractivity (Wildman–Crippen MR) is 161 cm³/mol. The summed E-state index contributed by atoms with van der Waals surface area (Å²) >= 11 is 0. The minimum Gasteiger partial charge on any atom is -0.352 e. The summed E-state index contributed by atoms with van der Waals surface area (Å²) < 4.78 is 29.0. The molecular weight excluding hydrogens is 522 g/mol. The lowest BCUT2D eigenvalue weighted by molar-refractivity contribution is -0.139. The molecule has 0 aliphatic rings. The van der Waals surface area contributed by atoms with Gasteiger partial charge >= 0.3 is 0 Å². The number of nitrogens with zero attached hydrogens (tertiary/aromatic N) is 2. The summed E-state index contributed by atoms with van der Waals surface area (Å²) in [5.74, 6) is -0.511. The molecule has 3 rings (SSSR count). The standard InChI is InChI=1S/C32H41N3O4S/c1-22(2)28-14-16-29(17-15-28)35(40(38,39)30-18-10-25(6)11-19-30)21-31(36)34(26(7)32(37)33-23(3)4)20-27-12-8-24(5)9-13-27/h8-19,22-23,26H,20-21H2,1-7H3,(H,33,37). The second kappa shape index (κ2) is 13.1. The monoisotopic (exact) mass is 563 g/mol. The van der Waals surface area contributed by atoms with Gasteiger partial charge in [0.25, 0.3) is 10.0 Å². The number of benzene rings is 3. The van der Waals surface area contributed by atoms with E-state index in [-0.39, 0.29) is 29.3 Å². The second-order valence-electron chi connectivity index (χ2n) is 10.9. The van der Waals surface area contributed by atoms with Crippen molar-refractivity contribution < 1.29 is 18.0 Å². The summed E-state index contributed by atoms with van der Waals surface area (Å²) in [6.07, 6.45) is 0. The van der Waals surface area contributed by atoms with Crippen LogP contribution in [-0.4, -0.2) is 43.8 Å². The Labute approximate surface area is 239 Å². The smallest absolute Gasteiger partial charge is 0.264 e. The molecule has 2 amide bonds. The molecule has 0 spiro atoms. The molecule has 0 saturated carbocycles. The van der Waals surface area contributed by atoms with Crippen molar-refractivity contribution in [2.75, 3.05) is 10.8 Å². The highest BCUT2D eigenvalue weighted by molar-refractivity contribution is 7.92. The van der Waals surface area contributed by atoms with Crippen LogP contribution in [-0.2, 0) is 26.2 Å². The maximum atomic E-state index is 14.0. The van der Waals surface area contributed by atoms with E-state index in [2.05, 4.69) is 19.2 Å². The summed E-state index contributed by atoms with van der Waals surface area (Å²) in [4.78, 5) is 28.5. The highest BCUT2D eigenvalue weighted by Crippen LogP contribution is 2.27. The molecule has 0 aliphatic carbocycles. The number of carbonyl (C=O) groups excluding carboxylic acids is 2. The van der Waals surface area contributed by atoms with E-state index in [4.69, 9.17) is 0 Å². The van der Waals surface area contributed by atoms with Gasteiger partial charge in [-0.05, 0) is 75.9 Å². The topological polar surface area (TPSA) is 86.8 Å². The predicted octanol–water partition coefficient (Wildman–Crippen LogP) is 5.56. The number of sulfonamides is 1. The van der Waals surface area contributed by atoms with E-state index in [9.17, 15) is 18.0 Å². The molecule has 0 heterocycles. The molecule has 8 heteroatoms. The molecule has 0 radical (unpaired) electrons. The van der Waals surface area contributed by atoms with Crippen LogP contribution in [0.1, 0.15) is 62.8 Å². The van der Waals surface area contributed by atoms with Crippen LogP contribution >= 0.6 is 0 Å². The molecule has 0 aromatic heterocycles. The fourth-order valence-corrected chi connectivity index (χ4v) is 5.68. The van der Waals surface area contributed by atoms with E-state index in [1.165, 1.54) is 4.90 Å². The Morgan fingerprint density at radius 3 is 1.80 bits per heavy atom. The zero-order valence-corrected chi connectivity index (χ0v) is 25.3. The number of anilines is 1. The summed E-state index contributed by atoms with van der Waals surface area (Å²) in [7, 11) is -4.09. The zero-order valence-electron chi connectivity index (χ0n) is 24.5. The van der Waals surface area contributed by atoms with E-state index in [0.717, 1.165) is 26.6 Å². The Hall–Kier alpha value is -3.65. The van der Waals surface area contributed by atoms with E-state index in [1.807, 2.05) is 64.1 Å². The number of nitrogens with one attached hydrogen (secondary N) is 1. The molecule has 0 bridgehead atoms. The SMILES string of the molecule is Cc1ccc(CN(C(=O)CN(c2ccc(C(C)C)cc2)S(=O)(=O)c2ccc(C)cc2)C(C)C(=O)NC(C)C)cc1. The van der Waals surface area contributed by atoms with Gasteiger partial charge in [-0.3, -0.25) is 13.9 Å². The molecule has 40 heavy (non-hydrogen) atoms. The second-order valence-corrected chi connectivity index (χ2v) is 12.8. The molecule has 3 aromatic carbocycles. The lowest BCUT2D eigenvalue weighted by Crippen LogP contribution is -2.52. The van der Waals surface area contributed by atoms with Crippen molar-refractivity contribution in [2.24, 2.45) is 0 Å². The van der Waals surface area contributed by atoms with Crippen molar-refractivity contribution in [3.05, 3.63) is 95.1 Å². The van der Waals surface area contributed by atoms with Gasteiger partial charge in [0.2, 0.25) is 11.8 Å². The van der Waals surface area contributed by atoms with Crippen molar-refractivity contribution in [2.45, 2.75) is 77.9 Å². The average molecular weight is 564 g/mol. The van der Waals surface area contributed by atoms with Gasteiger partial charge in [-0.15, -0.1) is 0 Å². The first-order chi connectivity index (χ1) is 18.8. The van der Waals surface area contributed by atoms with Crippen LogP contribution in [0.25, 0.3) is 0 Å². The first kappa shape index (κ1) is 30.9. The Balaban J connectivity index is 2.04. The van der Waals surface area contributed by atoms with Crippen molar-refractivity contribution in [1.29, 1.82) is 0 Å². The Kier molecular flexibility index (Phi) is 10.1. The third-order valence-corrected chi connectivity index (χ3v) is 8.60. The minimum absolute atomic E-state index is 0.0921. The lowest BCUT2D eigenvalue weighted by atomic mass is 10.0. The van der Waals surface area contributed by atoms with Crippen LogP contribution in [0.3, 0.4) is 0 Å².